The Morgan fingerprint density at radius 1 is 0.971 bits per heavy atom. The second-order valence-corrected chi connectivity index (χ2v) is 10.1. The molecule has 176 valence electrons. The van der Waals surface area contributed by atoms with E-state index in [1.807, 2.05) is 6.20 Å². The summed E-state index contributed by atoms with van der Waals surface area (Å²) in [6.07, 6.45) is 4.46. The molecule has 4 heterocycles. The van der Waals surface area contributed by atoms with Gasteiger partial charge in [0.1, 0.15) is 5.82 Å². The van der Waals surface area contributed by atoms with Gasteiger partial charge in [-0.1, -0.05) is 41.4 Å². The Morgan fingerprint density at radius 3 is 2.54 bits per heavy atom. The van der Waals surface area contributed by atoms with E-state index in [4.69, 9.17) is 28.3 Å². The Labute approximate surface area is 214 Å². The van der Waals surface area contributed by atoms with Gasteiger partial charge in [0.25, 0.3) is 0 Å². The fourth-order valence-electron chi connectivity index (χ4n) is 5.29. The van der Waals surface area contributed by atoms with E-state index in [1.165, 1.54) is 33.2 Å². The molecule has 3 aromatic heterocycles. The minimum atomic E-state index is 0.537. The summed E-state index contributed by atoms with van der Waals surface area (Å²) in [7, 11) is 0. The molecule has 0 atom stereocenters. The second-order valence-electron chi connectivity index (χ2n) is 9.29. The zero-order valence-electron chi connectivity index (χ0n) is 19.9. The number of aromatic nitrogens is 4. The third-order valence-corrected chi connectivity index (χ3v) is 7.39. The third-order valence-electron chi connectivity index (χ3n) is 6.90. The van der Waals surface area contributed by atoms with Gasteiger partial charge in [-0.15, -0.1) is 0 Å². The molecular weight excluding hydrogens is 477 g/mol. The zero-order chi connectivity index (χ0) is 24.3. The third kappa shape index (κ3) is 3.70. The maximum absolute atomic E-state index is 6.55. The number of benzene rings is 2. The molecule has 0 aliphatic carbocycles. The number of nitrogens with zero attached hydrogens (tertiary/aromatic N) is 4. The molecular formula is C28H25Cl2N5. The Morgan fingerprint density at radius 2 is 1.77 bits per heavy atom. The van der Waals surface area contributed by atoms with Crippen molar-refractivity contribution in [2.45, 2.75) is 33.7 Å². The van der Waals surface area contributed by atoms with Crippen molar-refractivity contribution >= 4 is 39.9 Å². The van der Waals surface area contributed by atoms with Crippen molar-refractivity contribution in [2.75, 3.05) is 11.4 Å². The van der Waals surface area contributed by atoms with Crippen LogP contribution in [0.25, 0.3) is 27.8 Å². The van der Waals surface area contributed by atoms with Crippen LogP contribution in [0.5, 0.6) is 0 Å². The molecule has 0 spiro atoms. The summed E-state index contributed by atoms with van der Waals surface area (Å²) >= 11 is 12.7. The van der Waals surface area contributed by atoms with Crippen LogP contribution in [0.3, 0.4) is 0 Å². The maximum atomic E-state index is 6.55. The molecule has 0 radical (unpaired) electrons. The first-order valence-corrected chi connectivity index (χ1v) is 12.5. The molecule has 0 unspecified atom stereocenters. The Bertz CT molecular complexity index is 1580. The van der Waals surface area contributed by atoms with Crippen LogP contribution in [0.2, 0.25) is 10.0 Å². The molecule has 0 fully saturated rings. The average Bonchev–Trinajstić information content (AvgIpc) is 3.43. The summed E-state index contributed by atoms with van der Waals surface area (Å²) in [5.74, 6) is 0.754. The lowest BCUT2D eigenvalue weighted by molar-refractivity contribution is 0.706. The Kier molecular flexibility index (Phi) is 5.35. The monoisotopic (exact) mass is 501 g/mol. The molecule has 0 saturated heterocycles. The van der Waals surface area contributed by atoms with Gasteiger partial charge in [-0.2, -0.15) is 5.10 Å². The standard InChI is InChI=1S/C28H25Cl2N5/c1-16-5-4-6-17(2)26(16)35-27(20-11-18(3)25-19(12-20)7-9-31-25)22-15-34(10-8-24(22)33-35)28-23(30)13-21(29)14-32-28/h4-7,9,11-14,31H,8,10,15H2,1-3H3. The van der Waals surface area contributed by atoms with Gasteiger partial charge < -0.3 is 9.88 Å². The molecule has 0 saturated carbocycles. The van der Waals surface area contributed by atoms with Crippen molar-refractivity contribution in [3.05, 3.63) is 92.9 Å². The number of anilines is 1. The van der Waals surface area contributed by atoms with E-state index in [0.29, 0.717) is 16.6 Å². The fourth-order valence-corrected chi connectivity index (χ4v) is 5.79. The molecule has 5 nitrogen and oxygen atoms in total. The molecule has 1 N–H and O–H groups in total. The number of halogens is 2. The normalized spacial score (nSPS) is 13.5. The number of H-pyrrole nitrogens is 1. The highest BCUT2D eigenvalue weighted by molar-refractivity contribution is 6.36. The van der Waals surface area contributed by atoms with Crippen LogP contribution in [-0.2, 0) is 13.0 Å². The van der Waals surface area contributed by atoms with Gasteiger partial charge in [0.2, 0.25) is 0 Å². The van der Waals surface area contributed by atoms with Gasteiger partial charge in [-0.3, -0.25) is 0 Å². The van der Waals surface area contributed by atoms with Crippen molar-refractivity contribution < 1.29 is 0 Å². The van der Waals surface area contributed by atoms with E-state index in [1.54, 1.807) is 12.3 Å². The van der Waals surface area contributed by atoms with Crippen LogP contribution >= 0.6 is 23.2 Å². The molecule has 0 bridgehead atoms. The highest BCUT2D eigenvalue weighted by atomic mass is 35.5. The van der Waals surface area contributed by atoms with Crippen LogP contribution in [0, 0.1) is 20.8 Å². The first-order valence-electron chi connectivity index (χ1n) is 11.7. The molecule has 7 heteroatoms. The molecule has 1 aliphatic heterocycles. The number of aryl methyl sites for hydroxylation is 3. The second kappa shape index (κ2) is 8.43. The largest absolute Gasteiger partial charge is 0.361 e. The molecule has 2 aromatic carbocycles. The van der Waals surface area contributed by atoms with Gasteiger partial charge in [-0.25, -0.2) is 9.67 Å². The summed E-state index contributed by atoms with van der Waals surface area (Å²) in [6.45, 7) is 7.92. The summed E-state index contributed by atoms with van der Waals surface area (Å²) < 4.78 is 2.16. The first kappa shape index (κ1) is 22.2. The lowest BCUT2D eigenvalue weighted by Crippen LogP contribution is -2.31. The van der Waals surface area contributed by atoms with E-state index in [9.17, 15) is 0 Å². The fraction of sp³-hybridized carbons (Fsp3) is 0.214. The number of pyridine rings is 1. The minimum Gasteiger partial charge on any atom is -0.361 e. The number of rotatable bonds is 3. The van der Waals surface area contributed by atoms with E-state index >= 15 is 0 Å². The number of nitrogens with one attached hydrogen (secondary N) is 1. The zero-order valence-corrected chi connectivity index (χ0v) is 21.4. The van der Waals surface area contributed by atoms with Gasteiger partial charge in [0.05, 0.1) is 27.1 Å². The predicted molar refractivity (Wildman–Crippen MR) is 144 cm³/mol. The van der Waals surface area contributed by atoms with Crippen molar-refractivity contribution in [1.29, 1.82) is 0 Å². The van der Waals surface area contributed by atoms with E-state index in [-0.39, 0.29) is 0 Å². The summed E-state index contributed by atoms with van der Waals surface area (Å²) in [5, 5.41) is 7.48. The van der Waals surface area contributed by atoms with Gasteiger partial charge in [0, 0.05) is 53.9 Å². The molecule has 6 rings (SSSR count). The number of hydrogen-bond acceptors (Lipinski definition) is 3. The molecule has 35 heavy (non-hydrogen) atoms. The first-order chi connectivity index (χ1) is 16.9. The van der Waals surface area contributed by atoms with Crippen LogP contribution < -0.4 is 4.90 Å². The Hall–Kier alpha value is -3.28. The lowest BCUT2D eigenvalue weighted by atomic mass is 9.97. The maximum Gasteiger partial charge on any atom is 0.147 e. The van der Waals surface area contributed by atoms with Crippen molar-refractivity contribution in [3.63, 3.8) is 0 Å². The average molecular weight is 502 g/mol. The highest BCUT2D eigenvalue weighted by Crippen LogP contribution is 2.38. The number of para-hydroxylation sites is 1. The number of hydrogen-bond donors (Lipinski definition) is 1. The van der Waals surface area contributed by atoms with Crippen LogP contribution in [0.15, 0.2) is 54.9 Å². The van der Waals surface area contributed by atoms with Crippen LogP contribution in [0.4, 0.5) is 5.82 Å². The van der Waals surface area contributed by atoms with Crippen LogP contribution in [0.1, 0.15) is 27.9 Å². The van der Waals surface area contributed by atoms with Gasteiger partial charge in [-0.05, 0) is 61.7 Å². The van der Waals surface area contributed by atoms with Crippen molar-refractivity contribution in [1.82, 2.24) is 19.7 Å². The van der Waals surface area contributed by atoms with Gasteiger partial charge in [0.15, 0.2) is 0 Å². The van der Waals surface area contributed by atoms with Crippen molar-refractivity contribution in [3.8, 4) is 16.9 Å². The van der Waals surface area contributed by atoms with E-state index in [0.717, 1.165) is 41.4 Å². The summed E-state index contributed by atoms with van der Waals surface area (Å²) in [4.78, 5) is 10.1. The van der Waals surface area contributed by atoms with Crippen LogP contribution in [-0.4, -0.2) is 26.3 Å². The molecule has 5 aromatic rings. The quantitative estimate of drug-likeness (QED) is 0.284. The SMILES string of the molecule is Cc1cccc(C)c1-n1nc2c(c1-c1cc(C)c3[nH]ccc3c1)CN(c1ncc(Cl)cc1Cl)CC2. The Balaban J connectivity index is 1.58. The smallest absolute Gasteiger partial charge is 0.147 e. The number of aromatic amines is 1. The molecule has 1 aliphatic rings. The highest BCUT2D eigenvalue weighted by Gasteiger charge is 2.29. The number of fused-ring (bicyclic) bond motifs is 2. The van der Waals surface area contributed by atoms with Gasteiger partial charge >= 0.3 is 0 Å². The van der Waals surface area contributed by atoms with E-state index in [2.05, 4.69) is 76.7 Å². The predicted octanol–water partition coefficient (Wildman–Crippen LogP) is 7.21. The summed E-state index contributed by atoms with van der Waals surface area (Å²) in [6, 6.07) is 14.8. The minimum absolute atomic E-state index is 0.537. The van der Waals surface area contributed by atoms with Crippen molar-refractivity contribution in [2.24, 2.45) is 0 Å². The lowest BCUT2D eigenvalue weighted by Gasteiger charge is -2.28. The topological polar surface area (TPSA) is 49.7 Å². The molecule has 0 amide bonds. The summed E-state index contributed by atoms with van der Waals surface area (Å²) in [5.41, 5.74) is 10.5. The van der Waals surface area contributed by atoms with E-state index < -0.39 is 0 Å².